The molecule has 248 valence electrons. The molecule has 2 amide bonds. The molecule has 4 aromatic rings. The second-order valence-corrected chi connectivity index (χ2v) is 14.1. The molecular weight excluding hydrogens is 639 g/mol. The molecule has 47 heavy (non-hydrogen) atoms. The summed E-state index contributed by atoms with van der Waals surface area (Å²) in [6.45, 7) is 4.33. The van der Waals surface area contributed by atoms with Crippen LogP contribution in [0.4, 0.5) is 23.9 Å². The quantitative estimate of drug-likeness (QED) is 0.291. The Hall–Kier alpha value is -4.86. The van der Waals surface area contributed by atoms with Gasteiger partial charge in [-0.3, -0.25) is 9.78 Å². The molecule has 0 radical (unpaired) electrons. The standard InChI is InChI=1S/C31H32F3N7O5S/c1-30(2,3)46-29(43)40-26-8-10-41(17-31(26,33)34)28-35-9-7-24(39-28)23-6-5-18-15-36-21(14-25(18)38-23)16-37-27(42)19-11-20(32)13-22(12-19)47(4,44)45/h5-7,9,11-15,26H,8,10,16-17H2,1-4H3,(H,37,42)(H,40,43). The van der Waals surface area contributed by atoms with Gasteiger partial charge in [0.25, 0.3) is 11.8 Å². The van der Waals surface area contributed by atoms with Gasteiger partial charge in [0.15, 0.2) is 9.84 Å². The number of ether oxygens (including phenoxy) is 1. The van der Waals surface area contributed by atoms with Gasteiger partial charge in [0.2, 0.25) is 5.95 Å². The number of halogens is 3. The van der Waals surface area contributed by atoms with E-state index in [-0.39, 0.29) is 35.9 Å². The molecule has 1 fully saturated rings. The minimum absolute atomic E-state index is 0.0571. The lowest BCUT2D eigenvalue weighted by atomic mass is 10.0. The second-order valence-electron chi connectivity index (χ2n) is 12.1. The van der Waals surface area contributed by atoms with E-state index in [4.69, 9.17) is 4.74 Å². The highest BCUT2D eigenvalue weighted by Gasteiger charge is 2.46. The highest BCUT2D eigenvalue weighted by atomic mass is 32.2. The van der Waals surface area contributed by atoms with Crippen molar-refractivity contribution >= 4 is 38.7 Å². The minimum Gasteiger partial charge on any atom is -0.444 e. The first-order valence-electron chi connectivity index (χ1n) is 14.5. The van der Waals surface area contributed by atoms with Gasteiger partial charge >= 0.3 is 6.09 Å². The fraction of sp³-hybridized carbons (Fsp3) is 0.355. The van der Waals surface area contributed by atoms with Gasteiger partial charge < -0.3 is 20.3 Å². The number of rotatable bonds is 7. The third-order valence-electron chi connectivity index (χ3n) is 7.10. The number of hydrogen-bond acceptors (Lipinski definition) is 10. The normalized spacial score (nSPS) is 16.5. The first-order chi connectivity index (χ1) is 22.0. The molecular formula is C31H32F3N7O5S. The number of alkyl carbamates (subject to hydrolysis) is 1. The van der Waals surface area contributed by atoms with Crippen molar-refractivity contribution in [3.8, 4) is 11.4 Å². The second kappa shape index (κ2) is 12.7. The Balaban J connectivity index is 1.29. The molecule has 2 N–H and O–H groups in total. The minimum atomic E-state index is -3.73. The van der Waals surface area contributed by atoms with E-state index in [2.05, 4.69) is 30.6 Å². The SMILES string of the molecule is CC(C)(C)OC(=O)NC1CCN(c2nccc(-c3ccc4cnc(CNC(=O)c5cc(F)cc(S(C)(=O)=O)c5)cc4n3)n2)CC1(F)F. The number of nitrogens with zero attached hydrogens (tertiary/aromatic N) is 5. The van der Waals surface area contributed by atoms with Crippen LogP contribution in [0.5, 0.6) is 0 Å². The number of hydrogen-bond donors (Lipinski definition) is 2. The molecule has 0 spiro atoms. The molecule has 1 unspecified atom stereocenters. The number of carbonyl (C=O) groups is 2. The molecule has 5 rings (SSSR count). The summed E-state index contributed by atoms with van der Waals surface area (Å²) < 4.78 is 72.9. The molecule has 0 aliphatic carbocycles. The maximum Gasteiger partial charge on any atom is 0.408 e. The summed E-state index contributed by atoms with van der Waals surface area (Å²) in [5, 5.41) is 5.55. The molecule has 12 nitrogen and oxygen atoms in total. The van der Waals surface area contributed by atoms with Crippen molar-refractivity contribution in [2.45, 2.75) is 56.2 Å². The number of nitrogens with one attached hydrogen (secondary N) is 2. The fourth-order valence-corrected chi connectivity index (χ4v) is 5.53. The first kappa shape index (κ1) is 33.5. The summed E-state index contributed by atoms with van der Waals surface area (Å²) >= 11 is 0. The number of benzene rings is 1. The van der Waals surface area contributed by atoms with Crippen LogP contribution in [0.1, 0.15) is 43.2 Å². The summed E-state index contributed by atoms with van der Waals surface area (Å²) in [4.78, 5) is 43.4. The van der Waals surface area contributed by atoms with Gasteiger partial charge in [-0.25, -0.2) is 41.3 Å². The summed E-state index contributed by atoms with van der Waals surface area (Å²) in [6, 6.07) is 8.15. The van der Waals surface area contributed by atoms with Gasteiger partial charge in [-0.05, 0) is 69.7 Å². The summed E-state index contributed by atoms with van der Waals surface area (Å²) in [5.41, 5.74) is 0.762. The topological polar surface area (TPSA) is 156 Å². The van der Waals surface area contributed by atoms with Gasteiger partial charge in [-0.1, -0.05) is 0 Å². The number of piperidine rings is 1. The van der Waals surface area contributed by atoms with Crippen LogP contribution in [-0.4, -0.2) is 77.3 Å². The third kappa shape index (κ3) is 8.30. The zero-order valence-corrected chi connectivity index (χ0v) is 26.7. The number of carbonyl (C=O) groups excluding carboxylic acids is 2. The largest absolute Gasteiger partial charge is 0.444 e. The lowest BCUT2D eigenvalue weighted by molar-refractivity contribution is -0.0461. The van der Waals surface area contributed by atoms with E-state index in [1.165, 1.54) is 11.1 Å². The van der Waals surface area contributed by atoms with E-state index in [9.17, 15) is 22.4 Å². The number of sulfone groups is 1. The highest BCUT2D eigenvalue weighted by molar-refractivity contribution is 7.90. The molecule has 1 saturated heterocycles. The summed E-state index contributed by atoms with van der Waals surface area (Å²) in [5.74, 6) is -4.75. The zero-order chi connectivity index (χ0) is 34.1. The van der Waals surface area contributed by atoms with Crippen LogP contribution in [0, 0.1) is 5.82 Å². The lowest BCUT2D eigenvalue weighted by Crippen LogP contribution is -2.59. The number of alkyl halides is 2. The summed E-state index contributed by atoms with van der Waals surface area (Å²) in [6.07, 6.45) is 2.95. The maximum absolute atomic E-state index is 15.1. The average molecular weight is 672 g/mol. The fourth-order valence-electron chi connectivity index (χ4n) is 4.86. The zero-order valence-electron chi connectivity index (χ0n) is 25.9. The van der Waals surface area contributed by atoms with Crippen LogP contribution in [0.3, 0.4) is 0 Å². The van der Waals surface area contributed by atoms with Crippen LogP contribution >= 0.6 is 0 Å². The molecule has 4 heterocycles. The van der Waals surface area contributed by atoms with Gasteiger partial charge in [-0.2, -0.15) is 0 Å². The average Bonchev–Trinajstić information content (AvgIpc) is 2.98. The Morgan fingerprint density at radius 2 is 1.81 bits per heavy atom. The van der Waals surface area contributed by atoms with E-state index in [1.54, 1.807) is 51.2 Å². The van der Waals surface area contributed by atoms with Gasteiger partial charge in [0.05, 0.1) is 46.6 Å². The molecule has 3 aromatic heterocycles. The van der Waals surface area contributed by atoms with Crippen LogP contribution in [0.2, 0.25) is 0 Å². The van der Waals surface area contributed by atoms with Crippen LogP contribution in [0.25, 0.3) is 22.3 Å². The Morgan fingerprint density at radius 1 is 1.06 bits per heavy atom. The predicted molar refractivity (Wildman–Crippen MR) is 166 cm³/mol. The molecule has 0 saturated carbocycles. The van der Waals surface area contributed by atoms with E-state index >= 15 is 8.78 Å². The van der Waals surface area contributed by atoms with Crippen molar-refractivity contribution in [3.05, 3.63) is 71.9 Å². The Bertz CT molecular complexity index is 1950. The number of anilines is 1. The van der Waals surface area contributed by atoms with E-state index < -0.39 is 51.8 Å². The van der Waals surface area contributed by atoms with Gasteiger partial charge in [0.1, 0.15) is 11.4 Å². The van der Waals surface area contributed by atoms with E-state index in [0.29, 0.717) is 28.0 Å². The van der Waals surface area contributed by atoms with Crippen LogP contribution in [0.15, 0.2) is 59.8 Å². The maximum atomic E-state index is 15.1. The molecule has 1 aliphatic rings. The lowest BCUT2D eigenvalue weighted by Gasteiger charge is -2.38. The number of amides is 2. The van der Waals surface area contributed by atoms with Crippen LogP contribution < -0.4 is 15.5 Å². The highest BCUT2D eigenvalue weighted by Crippen LogP contribution is 2.30. The number of aromatic nitrogens is 4. The predicted octanol–water partition coefficient (Wildman–Crippen LogP) is 4.30. The number of fused-ring (bicyclic) bond motifs is 1. The van der Waals surface area contributed by atoms with Gasteiger partial charge in [-0.15, -0.1) is 0 Å². The van der Waals surface area contributed by atoms with Crippen molar-refractivity contribution in [2.24, 2.45) is 0 Å². The molecule has 16 heteroatoms. The monoisotopic (exact) mass is 671 g/mol. The first-order valence-corrected chi connectivity index (χ1v) is 16.4. The van der Waals surface area contributed by atoms with Crippen molar-refractivity contribution in [3.63, 3.8) is 0 Å². The molecule has 1 aliphatic heterocycles. The molecule has 0 bridgehead atoms. The smallest absolute Gasteiger partial charge is 0.408 e. The molecule has 1 atom stereocenters. The van der Waals surface area contributed by atoms with Gasteiger partial charge in [0, 0.05) is 36.1 Å². The van der Waals surface area contributed by atoms with Crippen molar-refractivity contribution in [2.75, 3.05) is 24.2 Å². The Labute approximate surface area is 268 Å². The van der Waals surface area contributed by atoms with Crippen LogP contribution in [-0.2, 0) is 21.1 Å². The third-order valence-corrected chi connectivity index (χ3v) is 8.19. The Kier molecular flexibility index (Phi) is 9.08. The van der Waals surface area contributed by atoms with Crippen molar-refractivity contribution < 1.29 is 35.9 Å². The summed E-state index contributed by atoms with van der Waals surface area (Å²) in [7, 11) is -3.73. The van der Waals surface area contributed by atoms with Crippen molar-refractivity contribution in [1.29, 1.82) is 0 Å². The van der Waals surface area contributed by atoms with Crippen molar-refractivity contribution in [1.82, 2.24) is 30.6 Å². The number of pyridine rings is 2. The van der Waals surface area contributed by atoms with E-state index in [1.807, 2.05) is 0 Å². The van der Waals surface area contributed by atoms with E-state index in [0.717, 1.165) is 24.5 Å². The Morgan fingerprint density at radius 3 is 2.51 bits per heavy atom. The molecule has 1 aromatic carbocycles.